The number of aromatic nitrogens is 2. The van der Waals surface area contributed by atoms with Crippen molar-refractivity contribution in [1.82, 2.24) is 25.5 Å². The van der Waals surface area contributed by atoms with E-state index in [1.54, 1.807) is 54.5 Å². The number of methoxy groups -OCH3 is 1. The highest BCUT2D eigenvalue weighted by Gasteiger charge is 2.54. The summed E-state index contributed by atoms with van der Waals surface area (Å²) in [6.45, 7) is 20.1. The topological polar surface area (TPSA) is 192 Å². The third-order valence-corrected chi connectivity index (χ3v) is 15.8. The maximum absolute atomic E-state index is 14.6. The molecule has 60 heavy (non-hydrogen) atoms. The quantitative estimate of drug-likeness (QED) is 0.0993. The van der Waals surface area contributed by atoms with Crippen LogP contribution in [-0.2, 0) is 23.4 Å². The molecule has 15 nitrogen and oxygen atoms in total. The molecule has 3 amide bonds. The Balaban J connectivity index is 1.59. The summed E-state index contributed by atoms with van der Waals surface area (Å²) < 4.78 is 30.7. The van der Waals surface area contributed by atoms with Crippen molar-refractivity contribution in [2.75, 3.05) is 7.11 Å². The van der Waals surface area contributed by atoms with Gasteiger partial charge in [-0.05, 0) is 76.9 Å². The second-order valence-electron chi connectivity index (χ2n) is 17.0. The van der Waals surface area contributed by atoms with Gasteiger partial charge in [0.2, 0.25) is 11.8 Å². The summed E-state index contributed by atoms with van der Waals surface area (Å²) in [5, 5.41) is 18.2. The smallest absolute Gasteiger partial charge is 0.413 e. The van der Waals surface area contributed by atoms with Crippen LogP contribution in [0.25, 0.3) is 5.70 Å². The molecule has 2 aromatic heterocycles. The Morgan fingerprint density at radius 3 is 2.07 bits per heavy atom. The van der Waals surface area contributed by atoms with Crippen molar-refractivity contribution in [2.24, 2.45) is 0 Å². The van der Waals surface area contributed by atoms with E-state index in [4.69, 9.17) is 23.1 Å². The molecule has 3 heterocycles. The summed E-state index contributed by atoms with van der Waals surface area (Å²) in [7, 11) is -1.79. The number of thiazole rings is 1. The first-order chi connectivity index (χ1) is 28.0. The highest BCUT2D eigenvalue weighted by molar-refractivity contribution is 7.09. The van der Waals surface area contributed by atoms with Crippen molar-refractivity contribution in [3.63, 3.8) is 0 Å². The lowest BCUT2D eigenvalue weighted by atomic mass is 10.1. The van der Waals surface area contributed by atoms with Crippen LogP contribution in [0.15, 0.2) is 76.5 Å². The van der Waals surface area contributed by atoms with Crippen molar-refractivity contribution < 1.29 is 47.3 Å². The Morgan fingerprint density at radius 1 is 0.983 bits per heavy atom. The zero-order valence-electron chi connectivity index (χ0n) is 36.1. The molecule has 0 saturated carbocycles. The largest absolute Gasteiger partial charge is 0.476 e. The van der Waals surface area contributed by atoms with Crippen LogP contribution in [0, 0.1) is 6.92 Å². The van der Waals surface area contributed by atoms with Crippen LogP contribution >= 0.6 is 11.3 Å². The van der Waals surface area contributed by atoms with Crippen molar-refractivity contribution >= 4 is 59.6 Å². The number of aromatic carboxylic acids is 1. The second-order valence-corrected chi connectivity index (χ2v) is 22.2. The first kappa shape index (κ1) is 45.9. The van der Waals surface area contributed by atoms with Crippen LogP contribution in [0.5, 0.6) is 0 Å². The number of nitrogens with one attached hydrogen (secondary N) is 2. The third-order valence-electron chi connectivity index (χ3n) is 9.78. The summed E-state index contributed by atoms with van der Waals surface area (Å²) in [6.07, 6.45) is -1.62. The van der Waals surface area contributed by atoms with Crippen molar-refractivity contribution in [3.8, 4) is 0 Å². The van der Waals surface area contributed by atoms with Gasteiger partial charge < -0.3 is 38.8 Å². The molecule has 3 N–H and O–H groups in total. The SMILES string of the molecule is COC(NC(=O)c1nc(/C(=C/[C@H](C)O[Si](c2ccccc2)(c2ccccc2)C(C)(C)C)NC(=O)[C@@H]2[C@@H](C)OC(C)(C)N2C(=O)OC(C)(C)C)oc1C)c1nc(C(=O)O)cs1. The normalized spacial score (nSPS) is 18.1. The predicted molar refractivity (Wildman–Crippen MR) is 228 cm³/mol. The van der Waals surface area contributed by atoms with E-state index in [0.717, 1.165) is 21.7 Å². The third kappa shape index (κ3) is 9.87. The highest BCUT2D eigenvalue weighted by Crippen LogP contribution is 2.38. The lowest BCUT2D eigenvalue weighted by Gasteiger charge is -2.44. The van der Waals surface area contributed by atoms with Gasteiger partial charge >= 0.3 is 12.1 Å². The molecular weight excluding hydrogens is 807 g/mol. The molecule has 1 saturated heterocycles. The number of nitrogens with zero attached hydrogens (tertiary/aromatic N) is 3. The van der Waals surface area contributed by atoms with Gasteiger partial charge in [0.25, 0.3) is 14.2 Å². The number of hydrogen-bond donors (Lipinski definition) is 3. The molecule has 2 aromatic carbocycles. The minimum atomic E-state index is -3.13. The number of carboxylic acid groups (broad SMARTS) is 1. The molecule has 5 rings (SSSR count). The summed E-state index contributed by atoms with van der Waals surface area (Å²) >= 11 is 1.01. The van der Waals surface area contributed by atoms with Gasteiger partial charge in [0.05, 0.1) is 12.2 Å². The summed E-state index contributed by atoms with van der Waals surface area (Å²) in [5.74, 6) is -2.56. The zero-order chi connectivity index (χ0) is 44.4. The lowest BCUT2D eigenvalue weighted by molar-refractivity contribution is -0.125. The Morgan fingerprint density at radius 2 is 1.57 bits per heavy atom. The minimum absolute atomic E-state index is 0.0722. The van der Waals surface area contributed by atoms with Gasteiger partial charge in [0.15, 0.2) is 17.6 Å². The van der Waals surface area contributed by atoms with E-state index >= 15 is 0 Å². The fourth-order valence-electron chi connectivity index (χ4n) is 7.35. The standard InChI is InChI=1S/C43H55N5O10SSi/c1-25(58-60(42(7,8)9,28-19-15-13-16-20-28)29-21-17-14-18-22-29)23-30(44-35(50)33-27(3)56-43(10,11)48(33)40(53)57-41(4,5)6)36-46-32(26(2)55-36)34(49)47-37(54-12)38-45-31(24-59-38)39(51)52/h13-25,27,33,37H,1-12H3,(H,44,50)(H,47,49)(H,51,52)/b30-23-/t25-,27+,33-,37?/m0/s1. The Labute approximate surface area is 355 Å². The van der Waals surface area contributed by atoms with Gasteiger partial charge in [-0.15, -0.1) is 11.3 Å². The van der Waals surface area contributed by atoms with E-state index in [9.17, 15) is 24.3 Å². The molecule has 0 spiro atoms. The molecule has 4 aromatic rings. The number of rotatable bonds is 13. The molecule has 1 fully saturated rings. The van der Waals surface area contributed by atoms with Crippen LogP contribution in [0.1, 0.15) is 113 Å². The minimum Gasteiger partial charge on any atom is -0.476 e. The van der Waals surface area contributed by atoms with E-state index in [1.807, 2.05) is 43.3 Å². The van der Waals surface area contributed by atoms with Gasteiger partial charge in [0.1, 0.15) is 33.8 Å². The number of carbonyl (C=O) groups excluding carboxylic acids is 3. The molecule has 0 aliphatic carbocycles. The van der Waals surface area contributed by atoms with Crippen LogP contribution in [-0.4, -0.2) is 88.9 Å². The average Bonchev–Trinajstić information content (AvgIpc) is 3.87. The van der Waals surface area contributed by atoms with Crippen molar-refractivity contribution in [1.29, 1.82) is 0 Å². The number of aryl methyl sites for hydroxylation is 1. The summed E-state index contributed by atoms with van der Waals surface area (Å²) in [5.41, 5.74) is -2.31. The van der Waals surface area contributed by atoms with Crippen LogP contribution in [0.4, 0.5) is 4.79 Å². The van der Waals surface area contributed by atoms with Crippen LogP contribution < -0.4 is 21.0 Å². The number of carbonyl (C=O) groups is 4. The lowest BCUT2D eigenvalue weighted by Crippen LogP contribution is -2.67. The number of carboxylic acids is 1. The van der Waals surface area contributed by atoms with Gasteiger partial charge in [-0.3, -0.25) is 14.5 Å². The number of amides is 3. The van der Waals surface area contributed by atoms with Gasteiger partial charge in [0, 0.05) is 12.5 Å². The number of oxazole rings is 1. The van der Waals surface area contributed by atoms with Gasteiger partial charge in [-0.25, -0.2) is 19.6 Å². The molecule has 0 radical (unpaired) electrons. The monoisotopic (exact) mass is 861 g/mol. The first-order valence-corrected chi connectivity index (χ1v) is 22.3. The van der Waals surface area contributed by atoms with Gasteiger partial charge in [-0.2, -0.15) is 0 Å². The van der Waals surface area contributed by atoms with E-state index in [-0.39, 0.29) is 38.8 Å². The Hall–Kier alpha value is -5.20. The number of benzene rings is 2. The fourth-order valence-corrected chi connectivity index (χ4v) is 12.8. The van der Waals surface area contributed by atoms with Crippen molar-refractivity contribution in [2.45, 2.75) is 117 Å². The van der Waals surface area contributed by atoms with Crippen LogP contribution in [0.2, 0.25) is 5.04 Å². The molecule has 17 heteroatoms. The van der Waals surface area contributed by atoms with E-state index < -0.39 is 68.0 Å². The predicted octanol–water partition coefficient (Wildman–Crippen LogP) is 6.40. The summed E-state index contributed by atoms with van der Waals surface area (Å²) in [4.78, 5) is 63.3. The number of ether oxygens (including phenoxy) is 3. The Kier molecular flexibility index (Phi) is 13.6. The maximum Gasteiger partial charge on any atom is 0.413 e. The highest BCUT2D eigenvalue weighted by atomic mass is 32.1. The van der Waals surface area contributed by atoms with Crippen molar-refractivity contribution in [3.05, 3.63) is 100 Å². The molecular formula is C43H55N5O10SSi. The number of hydrogen-bond acceptors (Lipinski definition) is 12. The Bertz CT molecular complexity index is 2170. The maximum atomic E-state index is 14.6. The molecule has 4 atom stereocenters. The van der Waals surface area contributed by atoms with E-state index in [1.165, 1.54) is 17.4 Å². The van der Waals surface area contributed by atoms with Crippen LogP contribution in [0.3, 0.4) is 0 Å². The van der Waals surface area contributed by atoms with Gasteiger partial charge in [-0.1, -0.05) is 81.4 Å². The van der Waals surface area contributed by atoms with E-state index in [0.29, 0.717) is 0 Å². The average molecular weight is 862 g/mol. The van der Waals surface area contributed by atoms with E-state index in [2.05, 4.69) is 65.6 Å². The molecule has 1 aliphatic rings. The molecule has 322 valence electrons. The second kappa shape index (κ2) is 17.8. The summed E-state index contributed by atoms with van der Waals surface area (Å²) in [6, 6.07) is 19.0. The first-order valence-electron chi connectivity index (χ1n) is 19.5. The fraction of sp³-hybridized carbons (Fsp3) is 0.442. The molecule has 1 unspecified atom stereocenters. The zero-order valence-corrected chi connectivity index (χ0v) is 37.9. The molecule has 0 bridgehead atoms. The molecule has 1 aliphatic heterocycles.